The third-order valence-electron chi connectivity index (χ3n) is 20.2. The largest absolute Gasteiger partial charge is 0.493 e. The molecule has 27 heteroatoms. The smallest absolute Gasteiger partial charge is 0.338 e. The lowest BCUT2D eigenvalue weighted by molar-refractivity contribution is -0.275. The van der Waals surface area contributed by atoms with Gasteiger partial charge in [0.05, 0.1) is 70.9 Å². The number of ether oxygens (including phenoxy) is 15. The van der Waals surface area contributed by atoms with Crippen molar-refractivity contribution in [3.05, 3.63) is 339 Å². The van der Waals surface area contributed by atoms with E-state index in [-0.39, 0.29) is 102 Å². The summed E-state index contributed by atoms with van der Waals surface area (Å²) in [5.41, 5.74) is 0.452. The van der Waals surface area contributed by atoms with Crippen molar-refractivity contribution in [2.24, 2.45) is 7.05 Å². The van der Waals surface area contributed by atoms with Crippen molar-refractivity contribution in [1.29, 1.82) is 0 Å². The maximum Gasteiger partial charge on any atom is 0.338 e. The fraction of sp³-hybridized carbons (Fsp3) is 0.237. The standard InChI is InChI=1S/C97H88N2O25/c1-5-6-7-8-9-34-55-112-84-78(123-96-85(121-94(108)68-47-30-16-31-48-68)82(119-92(106)66-43-26-14-27-44-66)80(117-90(104)64-39-22-12-23-40-64)75(115-96)59-113-88(102)62-35-18-10-19-36-62)71-53-52-70(58-72(71)99(2)87(84)101)98-77(100)54-51-61-56-73(110-3)79(74(57-61)111-4)124-97-86(122-95(109)69-49-32-17-33-50-69)83(120-93(107)67-45-28-15-29-46-67)81(118-91(105)65-41-24-13-25-42-65)76(116-97)60-114-89(103)63-37-20-11-21-38-63/h10-33,35-54,56-58,75-76,80-83,85-86,96-97H,5-9,34,55,59-60H2,1-4H3,(H,98,100)/t75-,76-,80-,81-,82+,83+,85-,86-,96+,97+/m1/s1. The number of fused-ring (bicyclic) bond motifs is 1. The molecule has 636 valence electrons. The number of hydrogen-bond acceptors (Lipinski definition) is 25. The number of carbonyl (C=O) groups is 9. The number of methoxy groups -OCH3 is 2. The van der Waals surface area contributed by atoms with Gasteiger partial charge in [-0.25, -0.2) is 38.4 Å². The van der Waals surface area contributed by atoms with Gasteiger partial charge in [0.2, 0.25) is 42.2 Å². The van der Waals surface area contributed by atoms with Crippen LogP contribution in [0.5, 0.6) is 28.7 Å². The highest BCUT2D eigenvalue weighted by atomic mass is 16.8. The molecule has 0 radical (unpaired) electrons. The van der Waals surface area contributed by atoms with Gasteiger partial charge in [-0.3, -0.25) is 9.59 Å². The van der Waals surface area contributed by atoms with Crippen LogP contribution in [-0.4, -0.2) is 154 Å². The lowest BCUT2D eigenvalue weighted by Crippen LogP contribution is -2.64. The maximum absolute atomic E-state index is 15.2. The average molecular weight is 1680 g/mol. The molecule has 2 aliphatic heterocycles. The molecule has 1 amide bonds. The van der Waals surface area contributed by atoms with Crippen LogP contribution in [0, 0.1) is 0 Å². The Kier molecular flexibility index (Phi) is 29.9. The van der Waals surface area contributed by atoms with E-state index in [1.54, 1.807) is 146 Å². The Morgan fingerprint density at radius 1 is 0.379 bits per heavy atom. The monoisotopic (exact) mass is 1680 g/mol. The van der Waals surface area contributed by atoms with Crippen molar-refractivity contribution >= 4 is 76.3 Å². The minimum atomic E-state index is -1.95. The summed E-state index contributed by atoms with van der Waals surface area (Å²) in [5.74, 6) is -8.90. The number of amides is 1. The molecule has 0 bridgehead atoms. The molecule has 0 saturated carbocycles. The van der Waals surface area contributed by atoms with Gasteiger partial charge in [0.25, 0.3) is 5.56 Å². The van der Waals surface area contributed by atoms with Crippen LogP contribution in [0.4, 0.5) is 5.69 Å². The van der Waals surface area contributed by atoms with Crippen LogP contribution >= 0.6 is 0 Å². The second-order valence-electron chi connectivity index (χ2n) is 28.6. The van der Waals surface area contributed by atoms with Gasteiger partial charge in [0.1, 0.15) is 25.4 Å². The number of rotatable bonds is 35. The van der Waals surface area contributed by atoms with Crippen molar-refractivity contribution in [3.8, 4) is 28.7 Å². The Hall–Kier alpha value is -14.7. The van der Waals surface area contributed by atoms with Crippen LogP contribution in [0.25, 0.3) is 17.0 Å². The highest BCUT2D eigenvalue weighted by Crippen LogP contribution is 2.44. The zero-order valence-corrected chi connectivity index (χ0v) is 67.9. The summed E-state index contributed by atoms with van der Waals surface area (Å²) < 4.78 is 96.5. The molecule has 27 nitrogen and oxygen atoms in total. The summed E-state index contributed by atoms with van der Waals surface area (Å²) in [7, 11) is 4.11. The summed E-state index contributed by atoms with van der Waals surface area (Å²) in [6.45, 7) is 0.762. The second-order valence-corrected chi connectivity index (χ2v) is 28.6. The third-order valence-corrected chi connectivity index (χ3v) is 20.2. The first-order valence-electron chi connectivity index (χ1n) is 40.1. The number of anilines is 1. The number of unbranched alkanes of at least 4 members (excludes halogenated alkanes) is 5. The molecule has 0 unspecified atom stereocenters. The van der Waals surface area contributed by atoms with Crippen LogP contribution in [0.2, 0.25) is 0 Å². The molecule has 2 saturated heterocycles. The van der Waals surface area contributed by atoms with Crippen molar-refractivity contribution < 1.29 is 114 Å². The quantitative estimate of drug-likeness (QED) is 0.0167. The first-order valence-corrected chi connectivity index (χ1v) is 40.1. The zero-order valence-electron chi connectivity index (χ0n) is 67.9. The number of hydrogen-bond donors (Lipinski definition) is 1. The number of nitrogens with one attached hydrogen (secondary N) is 1. The number of benzene rings is 10. The summed E-state index contributed by atoms with van der Waals surface area (Å²) in [5, 5.41) is 3.02. The Labute approximate surface area is 713 Å². The van der Waals surface area contributed by atoms with Gasteiger partial charge in [-0.2, -0.15) is 0 Å². The Bertz CT molecular complexity index is 5590. The highest BCUT2D eigenvalue weighted by Gasteiger charge is 2.57. The average Bonchev–Trinajstić information content (AvgIpc) is 0.751. The zero-order chi connectivity index (χ0) is 86.9. The number of aromatic nitrogens is 1. The number of pyridine rings is 1. The minimum Gasteiger partial charge on any atom is -0.493 e. The van der Waals surface area contributed by atoms with Crippen molar-refractivity contribution in [2.75, 3.05) is 39.4 Å². The van der Waals surface area contributed by atoms with E-state index in [0.29, 0.717) is 6.42 Å². The molecule has 2 fully saturated rings. The molecule has 0 aliphatic carbocycles. The minimum absolute atomic E-state index is 0.0186. The highest BCUT2D eigenvalue weighted by molar-refractivity contribution is 6.04. The molecular weight excluding hydrogens is 1590 g/mol. The summed E-state index contributed by atoms with van der Waals surface area (Å²) in [4.78, 5) is 144. The van der Waals surface area contributed by atoms with Gasteiger partial charge in [0, 0.05) is 24.2 Å². The van der Waals surface area contributed by atoms with E-state index in [0.717, 1.165) is 32.1 Å². The third kappa shape index (κ3) is 22.1. The van der Waals surface area contributed by atoms with Gasteiger partial charge in [0.15, 0.2) is 41.7 Å². The van der Waals surface area contributed by atoms with Crippen molar-refractivity contribution in [3.63, 3.8) is 0 Å². The van der Waals surface area contributed by atoms with Gasteiger partial charge in [-0.1, -0.05) is 185 Å². The van der Waals surface area contributed by atoms with Crippen molar-refractivity contribution in [2.45, 2.75) is 107 Å². The topological polar surface area (TPSA) is 326 Å². The van der Waals surface area contributed by atoms with Crippen LogP contribution in [-0.2, 0) is 59.2 Å². The fourth-order valence-corrected chi connectivity index (χ4v) is 13.8. The lowest BCUT2D eigenvalue weighted by Gasteiger charge is -2.44. The number of aryl methyl sites for hydroxylation is 1. The van der Waals surface area contributed by atoms with Gasteiger partial charge in [-0.05, 0) is 145 Å². The second kappa shape index (κ2) is 42.5. The van der Waals surface area contributed by atoms with Gasteiger partial charge >= 0.3 is 47.8 Å². The normalized spacial score (nSPS) is 18.4. The summed E-state index contributed by atoms with van der Waals surface area (Å²) in [6.07, 6.45) is -10.1. The predicted octanol–water partition coefficient (Wildman–Crippen LogP) is 15.2. The Morgan fingerprint density at radius 3 is 1.07 bits per heavy atom. The van der Waals surface area contributed by atoms with Gasteiger partial charge < -0.3 is 80.9 Å². The van der Waals surface area contributed by atoms with Crippen LogP contribution in [0.1, 0.15) is 134 Å². The molecule has 3 heterocycles. The lowest BCUT2D eigenvalue weighted by atomic mass is 9.97. The van der Waals surface area contributed by atoms with Crippen LogP contribution in [0.3, 0.4) is 0 Å². The number of carbonyl (C=O) groups excluding carboxylic acids is 9. The molecule has 10 aromatic carbocycles. The van der Waals surface area contributed by atoms with Crippen molar-refractivity contribution in [1.82, 2.24) is 4.57 Å². The predicted molar refractivity (Wildman–Crippen MR) is 451 cm³/mol. The van der Waals surface area contributed by atoms with E-state index in [1.807, 2.05) is 0 Å². The summed E-state index contributed by atoms with van der Waals surface area (Å²) in [6, 6.07) is 70.6. The fourth-order valence-electron chi connectivity index (χ4n) is 13.8. The molecule has 13 rings (SSSR count). The molecule has 10 atom stereocenters. The van der Waals surface area contributed by atoms with E-state index >= 15 is 4.79 Å². The van der Waals surface area contributed by atoms with E-state index in [1.165, 1.54) is 165 Å². The SMILES string of the molecule is CCCCCCCCOc1c(O[C@@H]2O[C@H](COC(=O)c3ccccc3)[C@@H](OC(=O)c3ccccc3)[C@H](OC(=O)c3ccccc3)[C@H]2OC(=O)c2ccccc2)c2ccc(NC(=O)C=Cc3cc(OC)c(O[C@@H]4O[C@H](COC(=O)c5ccccc5)[C@@H](OC(=O)c5ccccc5)[C@H](OC(=O)c5ccccc5)[C@H]4OC(=O)c4ccccc4)c(OC)c3)cc2n(C)c1=O. The van der Waals surface area contributed by atoms with E-state index in [2.05, 4.69) is 12.2 Å². The molecule has 2 aliphatic rings. The van der Waals surface area contributed by atoms with E-state index in [9.17, 15) is 43.2 Å². The maximum atomic E-state index is 15.2. The molecule has 124 heavy (non-hydrogen) atoms. The number of nitrogens with zero attached hydrogens (tertiary/aromatic N) is 1. The Balaban J connectivity index is 0.843. The van der Waals surface area contributed by atoms with E-state index < -0.39 is 134 Å². The van der Waals surface area contributed by atoms with Crippen LogP contribution < -0.4 is 34.6 Å². The van der Waals surface area contributed by atoms with Crippen LogP contribution in [0.15, 0.2) is 284 Å². The number of esters is 8. The first-order chi connectivity index (χ1) is 60.4. The molecule has 11 aromatic rings. The molecular formula is C97H88N2O25. The Morgan fingerprint density at radius 2 is 0.710 bits per heavy atom. The molecule has 1 aromatic heterocycles. The molecule has 1 N–H and O–H groups in total. The molecule has 0 spiro atoms. The van der Waals surface area contributed by atoms with E-state index in [4.69, 9.17) is 71.1 Å². The summed E-state index contributed by atoms with van der Waals surface area (Å²) >= 11 is 0. The van der Waals surface area contributed by atoms with Gasteiger partial charge in [-0.15, -0.1) is 0 Å². The first kappa shape index (κ1) is 87.1.